The van der Waals surface area contributed by atoms with Crippen LogP contribution in [0.5, 0.6) is 0 Å². The Hall–Kier alpha value is -4.11. The first-order valence-electron chi connectivity index (χ1n) is 10.5. The summed E-state index contributed by atoms with van der Waals surface area (Å²) >= 11 is 1.33. The van der Waals surface area contributed by atoms with E-state index in [1.807, 2.05) is 36.6 Å². The number of fused-ring (bicyclic) bond motifs is 1. The van der Waals surface area contributed by atoms with Gasteiger partial charge in [0.15, 0.2) is 0 Å². The minimum Gasteiger partial charge on any atom is -0.334 e. The summed E-state index contributed by atoms with van der Waals surface area (Å²) in [7, 11) is 1.65. The molecule has 0 aliphatic carbocycles. The Balaban J connectivity index is 1.52. The summed E-state index contributed by atoms with van der Waals surface area (Å²) in [6.45, 7) is 2.10. The van der Waals surface area contributed by atoms with Crippen LogP contribution >= 0.6 is 11.3 Å². The van der Waals surface area contributed by atoms with E-state index in [-0.39, 0.29) is 23.8 Å². The number of hydrogen-bond acceptors (Lipinski definition) is 5. The Kier molecular flexibility index (Phi) is 5.54. The molecule has 0 radical (unpaired) electrons. The molecular formula is C25H20FN5O2S. The Morgan fingerprint density at radius 2 is 1.85 bits per heavy atom. The number of aromatic nitrogens is 4. The van der Waals surface area contributed by atoms with Gasteiger partial charge in [0.2, 0.25) is 0 Å². The maximum absolute atomic E-state index is 13.5. The number of halogens is 1. The van der Waals surface area contributed by atoms with Crippen LogP contribution < -0.4 is 5.56 Å². The van der Waals surface area contributed by atoms with Crippen molar-refractivity contribution in [2.24, 2.45) is 0 Å². The number of carbonyl (C=O) groups is 1. The Morgan fingerprint density at radius 3 is 2.59 bits per heavy atom. The second-order valence-corrected chi connectivity index (χ2v) is 8.90. The van der Waals surface area contributed by atoms with E-state index in [0.717, 1.165) is 11.1 Å². The van der Waals surface area contributed by atoms with Crippen LogP contribution in [-0.2, 0) is 6.54 Å². The van der Waals surface area contributed by atoms with Crippen LogP contribution in [0, 0.1) is 12.7 Å². The third-order valence-corrected chi connectivity index (χ3v) is 6.36. The molecule has 0 aliphatic rings. The second-order valence-electron chi connectivity index (χ2n) is 7.99. The Morgan fingerprint density at radius 1 is 1.12 bits per heavy atom. The molecule has 0 bridgehead atoms. The fourth-order valence-electron chi connectivity index (χ4n) is 3.68. The number of thiophene rings is 1. The van der Waals surface area contributed by atoms with E-state index in [1.165, 1.54) is 28.4 Å². The molecule has 3 aromatic heterocycles. The first-order chi connectivity index (χ1) is 16.4. The number of benzene rings is 2. The van der Waals surface area contributed by atoms with Gasteiger partial charge in [0.1, 0.15) is 22.0 Å². The molecule has 9 heteroatoms. The van der Waals surface area contributed by atoms with Crippen LogP contribution in [0.2, 0.25) is 0 Å². The Bertz CT molecular complexity index is 1550. The maximum atomic E-state index is 13.5. The summed E-state index contributed by atoms with van der Waals surface area (Å²) < 4.78 is 15.5. The van der Waals surface area contributed by atoms with Gasteiger partial charge >= 0.3 is 0 Å². The number of aromatic amines is 1. The third-order valence-electron chi connectivity index (χ3n) is 5.46. The van der Waals surface area contributed by atoms with Gasteiger partial charge in [-0.1, -0.05) is 29.8 Å². The van der Waals surface area contributed by atoms with Crippen molar-refractivity contribution in [1.82, 2.24) is 24.6 Å². The highest BCUT2D eigenvalue weighted by Crippen LogP contribution is 2.26. The standard InChI is InChI=1S/C25H20FN5O2S/c1-15-3-5-16(6-4-15)22-19(13-31(29-22)18-9-7-17(26)8-10-18)25(33)30(2)14-21-27-20-11-12-34-23(20)24(32)28-21/h3-13H,14H2,1-2H3,(H,27,28,32). The summed E-state index contributed by atoms with van der Waals surface area (Å²) in [5, 5.41) is 6.45. The van der Waals surface area contributed by atoms with Crippen LogP contribution in [0.1, 0.15) is 21.7 Å². The van der Waals surface area contributed by atoms with Crippen LogP contribution in [0.4, 0.5) is 4.39 Å². The van der Waals surface area contributed by atoms with E-state index >= 15 is 0 Å². The number of hydrogen-bond donors (Lipinski definition) is 1. The zero-order valence-electron chi connectivity index (χ0n) is 18.4. The average molecular weight is 474 g/mol. The fraction of sp³-hybridized carbons (Fsp3) is 0.120. The van der Waals surface area contributed by atoms with Gasteiger partial charge in [-0.05, 0) is 42.6 Å². The number of nitrogens with one attached hydrogen (secondary N) is 1. The number of aryl methyl sites for hydroxylation is 1. The first-order valence-corrected chi connectivity index (χ1v) is 11.4. The number of nitrogens with zero attached hydrogens (tertiary/aromatic N) is 4. The van der Waals surface area contributed by atoms with Crippen molar-refractivity contribution >= 4 is 27.5 Å². The van der Waals surface area contributed by atoms with Crippen molar-refractivity contribution in [2.45, 2.75) is 13.5 Å². The summed E-state index contributed by atoms with van der Waals surface area (Å²) in [4.78, 5) is 34.5. The lowest BCUT2D eigenvalue weighted by Crippen LogP contribution is -2.28. The molecule has 0 spiro atoms. The summed E-state index contributed by atoms with van der Waals surface area (Å²) in [5.74, 6) is -0.235. The predicted molar refractivity (Wildman–Crippen MR) is 130 cm³/mol. The smallest absolute Gasteiger partial charge is 0.268 e. The molecule has 0 aliphatic heterocycles. The van der Waals surface area contributed by atoms with E-state index in [2.05, 4.69) is 15.1 Å². The summed E-state index contributed by atoms with van der Waals surface area (Å²) in [5.41, 5.74) is 3.78. The normalized spacial score (nSPS) is 11.1. The molecular weight excluding hydrogens is 453 g/mol. The van der Waals surface area contributed by atoms with Crippen molar-refractivity contribution < 1.29 is 9.18 Å². The largest absolute Gasteiger partial charge is 0.334 e. The molecule has 3 heterocycles. The second kappa shape index (κ2) is 8.68. The highest BCUT2D eigenvalue weighted by Gasteiger charge is 2.22. The number of H-pyrrole nitrogens is 1. The predicted octanol–water partition coefficient (Wildman–Crippen LogP) is 4.56. The highest BCUT2D eigenvalue weighted by atomic mass is 32.1. The van der Waals surface area contributed by atoms with Gasteiger partial charge in [-0.15, -0.1) is 11.3 Å². The van der Waals surface area contributed by atoms with E-state index in [4.69, 9.17) is 0 Å². The average Bonchev–Trinajstić information content (AvgIpc) is 3.47. The van der Waals surface area contributed by atoms with Gasteiger partial charge in [0, 0.05) is 18.8 Å². The van der Waals surface area contributed by atoms with Gasteiger partial charge in [-0.25, -0.2) is 14.1 Å². The van der Waals surface area contributed by atoms with Crippen LogP contribution in [0.15, 0.2) is 71.0 Å². The van der Waals surface area contributed by atoms with Crippen molar-refractivity contribution in [1.29, 1.82) is 0 Å². The van der Waals surface area contributed by atoms with Crippen molar-refractivity contribution in [3.05, 3.63) is 99.3 Å². The lowest BCUT2D eigenvalue weighted by atomic mass is 10.1. The first kappa shape index (κ1) is 21.7. The molecule has 5 rings (SSSR count). The molecule has 0 unspecified atom stereocenters. The molecule has 1 N–H and O–H groups in total. The van der Waals surface area contributed by atoms with E-state index < -0.39 is 0 Å². The molecule has 0 saturated carbocycles. The highest BCUT2D eigenvalue weighted by molar-refractivity contribution is 7.17. The monoisotopic (exact) mass is 473 g/mol. The Labute approximate surface area is 198 Å². The van der Waals surface area contributed by atoms with Gasteiger partial charge in [-0.2, -0.15) is 5.10 Å². The van der Waals surface area contributed by atoms with Crippen LogP contribution in [0.25, 0.3) is 27.2 Å². The van der Waals surface area contributed by atoms with Crippen LogP contribution in [-0.4, -0.2) is 37.6 Å². The molecule has 5 aromatic rings. The molecule has 34 heavy (non-hydrogen) atoms. The SMILES string of the molecule is Cc1ccc(-c2nn(-c3ccc(F)cc3)cc2C(=O)N(C)Cc2nc3ccsc3c(=O)[nH]2)cc1. The molecule has 0 saturated heterocycles. The van der Waals surface area contributed by atoms with Crippen molar-refractivity contribution in [3.8, 4) is 16.9 Å². The van der Waals surface area contributed by atoms with E-state index in [9.17, 15) is 14.0 Å². The summed E-state index contributed by atoms with van der Waals surface area (Å²) in [6, 6.07) is 15.4. The fourth-order valence-corrected chi connectivity index (χ4v) is 4.41. The lowest BCUT2D eigenvalue weighted by molar-refractivity contribution is 0.0782. The zero-order chi connectivity index (χ0) is 23.8. The van der Waals surface area contributed by atoms with Gasteiger partial charge in [0.25, 0.3) is 11.5 Å². The van der Waals surface area contributed by atoms with Crippen molar-refractivity contribution in [2.75, 3.05) is 7.05 Å². The minimum atomic E-state index is -0.352. The minimum absolute atomic E-state index is 0.120. The van der Waals surface area contributed by atoms with Crippen LogP contribution in [0.3, 0.4) is 0 Å². The molecule has 0 fully saturated rings. The molecule has 0 atom stereocenters. The maximum Gasteiger partial charge on any atom is 0.268 e. The topological polar surface area (TPSA) is 83.9 Å². The van der Waals surface area contributed by atoms with E-state index in [0.29, 0.717) is 33.0 Å². The number of carbonyl (C=O) groups excluding carboxylic acids is 1. The van der Waals surface area contributed by atoms with Gasteiger partial charge in [0.05, 0.1) is 23.3 Å². The number of amides is 1. The van der Waals surface area contributed by atoms with E-state index in [1.54, 1.807) is 36.1 Å². The lowest BCUT2D eigenvalue weighted by Gasteiger charge is -2.16. The number of rotatable bonds is 5. The molecule has 2 aromatic carbocycles. The summed E-state index contributed by atoms with van der Waals surface area (Å²) in [6.07, 6.45) is 1.64. The third kappa shape index (κ3) is 4.13. The molecule has 1 amide bonds. The van der Waals surface area contributed by atoms with Gasteiger partial charge < -0.3 is 9.88 Å². The molecule has 170 valence electrons. The zero-order valence-corrected chi connectivity index (χ0v) is 19.3. The van der Waals surface area contributed by atoms with Gasteiger partial charge in [-0.3, -0.25) is 9.59 Å². The molecule has 7 nitrogen and oxygen atoms in total. The van der Waals surface area contributed by atoms with Crippen molar-refractivity contribution in [3.63, 3.8) is 0 Å². The quantitative estimate of drug-likeness (QED) is 0.406.